The maximum absolute atomic E-state index is 12.4. The highest BCUT2D eigenvalue weighted by Gasteiger charge is 2.19. The second-order valence-corrected chi connectivity index (χ2v) is 7.41. The first-order valence-electron chi connectivity index (χ1n) is 8.88. The van der Waals surface area contributed by atoms with Crippen molar-refractivity contribution in [3.63, 3.8) is 0 Å². The van der Waals surface area contributed by atoms with Gasteiger partial charge >= 0.3 is 11.6 Å². The Kier molecular flexibility index (Phi) is 5.94. The molecule has 0 aliphatic rings. The summed E-state index contributed by atoms with van der Waals surface area (Å²) < 4.78 is 10.7. The van der Waals surface area contributed by atoms with Crippen LogP contribution in [0.15, 0.2) is 38.2 Å². The summed E-state index contributed by atoms with van der Waals surface area (Å²) in [6, 6.07) is 5.43. The van der Waals surface area contributed by atoms with Crippen LogP contribution < -0.4 is 15.7 Å². The maximum Gasteiger partial charge on any atom is 0.340 e. The number of aryl methyl sites for hydroxylation is 2. The predicted octanol–water partition coefficient (Wildman–Crippen LogP) is 3.30. The molecule has 0 saturated heterocycles. The summed E-state index contributed by atoms with van der Waals surface area (Å²) in [6.45, 7) is 5.35. The predicted molar refractivity (Wildman–Crippen MR) is 108 cm³/mol. The molecule has 0 aliphatic carbocycles. The van der Waals surface area contributed by atoms with Crippen molar-refractivity contribution in [1.82, 2.24) is 5.32 Å². The molecule has 1 amide bonds. The first-order valence-corrected chi connectivity index (χ1v) is 9.82. The SMILES string of the molecule is CC(=O)Oc1cc(C)cc2oc(=O)c(CC(=O)NCCc3ccsc3)c(C)c12. The highest BCUT2D eigenvalue weighted by atomic mass is 32.1. The number of thiophene rings is 1. The third-order valence-electron chi connectivity index (χ3n) is 4.39. The van der Waals surface area contributed by atoms with Crippen molar-refractivity contribution in [3.05, 3.63) is 61.6 Å². The lowest BCUT2D eigenvalue weighted by Crippen LogP contribution is -2.29. The number of ether oxygens (including phenoxy) is 1. The van der Waals surface area contributed by atoms with Gasteiger partial charge in [0.05, 0.1) is 17.4 Å². The normalized spacial score (nSPS) is 10.8. The lowest BCUT2D eigenvalue weighted by atomic mass is 10.0. The van der Waals surface area contributed by atoms with E-state index in [0.29, 0.717) is 28.8 Å². The van der Waals surface area contributed by atoms with Crippen LogP contribution >= 0.6 is 11.3 Å². The molecule has 0 saturated carbocycles. The van der Waals surface area contributed by atoms with E-state index >= 15 is 0 Å². The number of fused-ring (bicyclic) bond motifs is 1. The van der Waals surface area contributed by atoms with Crippen molar-refractivity contribution in [3.8, 4) is 5.75 Å². The minimum atomic E-state index is -0.558. The standard InChI is InChI=1S/C21H21NO5S/c1-12-8-17(26-14(3)23)20-13(2)16(21(25)27-18(20)9-12)10-19(24)22-6-4-15-5-7-28-11-15/h5,7-9,11H,4,6,10H2,1-3H3,(H,22,24). The van der Waals surface area contributed by atoms with Crippen molar-refractivity contribution < 1.29 is 18.7 Å². The zero-order valence-corrected chi connectivity index (χ0v) is 16.8. The van der Waals surface area contributed by atoms with Gasteiger partial charge in [0.1, 0.15) is 11.3 Å². The molecule has 28 heavy (non-hydrogen) atoms. The zero-order chi connectivity index (χ0) is 20.3. The molecular formula is C21H21NO5S. The van der Waals surface area contributed by atoms with Crippen LogP contribution in [0.25, 0.3) is 11.0 Å². The molecule has 2 heterocycles. The number of carbonyl (C=O) groups is 2. The number of esters is 1. The summed E-state index contributed by atoms with van der Waals surface area (Å²) >= 11 is 1.61. The molecule has 0 unspecified atom stereocenters. The Labute approximate surface area is 166 Å². The maximum atomic E-state index is 12.4. The number of hydrogen-bond donors (Lipinski definition) is 1. The second kappa shape index (κ2) is 8.39. The number of nitrogens with one attached hydrogen (secondary N) is 1. The average Bonchev–Trinajstić information content (AvgIpc) is 3.10. The van der Waals surface area contributed by atoms with Crippen LogP contribution in [0.4, 0.5) is 0 Å². The van der Waals surface area contributed by atoms with Gasteiger partial charge in [0.2, 0.25) is 5.91 Å². The molecule has 146 valence electrons. The molecule has 0 radical (unpaired) electrons. The van der Waals surface area contributed by atoms with Crippen LogP contribution in [0.5, 0.6) is 5.75 Å². The minimum absolute atomic E-state index is 0.0961. The molecule has 6 nitrogen and oxygen atoms in total. The lowest BCUT2D eigenvalue weighted by molar-refractivity contribution is -0.131. The summed E-state index contributed by atoms with van der Waals surface area (Å²) in [5.41, 5.74) is 2.57. The van der Waals surface area contributed by atoms with Crippen LogP contribution in [-0.2, 0) is 22.4 Å². The van der Waals surface area contributed by atoms with E-state index in [1.807, 2.05) is 23.8 Å². The third-order valence-corrected chi connectivity index (χ3v) is 5.13. The molecule has 1 N–H and O–H groups in total. The van der Waals surface area contributed by atoms with Crippen molar-refractivity contribution in [2.45, 2.75) is 33.6 Å². The van der Waals surface area contributed by atoms with Gasteiger partial charge in [-0.05, 0) is 65.9 Å². The fraction of sp³-hybridized carbons (Fsp3) is 0.286. The second-order valence-electron chi connectivity index (χ2n) is 6.63. The van der Waals surface area contributed by atoms with Crippen molar-refractivity contribution in [1.29, 1.82) is 0 Å². The molecule has 1 aromatic carbocycles. The molecule has 3 rings (SSSR count). The van der Waals surface area contributed by atoms with Gasteiger partial charge in [0, 0.05) is 13.5 Å². The van der Waals surface area contributed by atoms with Gasteiger partial charge in [-0.3, -0.25) is 9.59 Å². The monoisotopic (exact) mass is 399 g/mol. The van der Waals surface area contributed by atoms with Crippen LogP contribution in [0, 0.1) is 13.8 Å². The molecule has 0 bridgehead atoms. The smallest absolute Gasteiger partial charge is 0.340 e. The Balaban J connectivity index is 1.86. The van der Waals surface area contributed by atoms with Gasteiger partial charge in [0.15, 0.2) is 0 Å². The van der Waals surface area contributed by atoms with E-state index in [1.54, 1.807) is 30.4 Å². The molecule has 0 aliphatic heterocycles. The fourth-order valence-corrected chi connectivity index (χ4v) is 3.78. The Hall–Kier alpha value is -2.93. The van der Waals surface area contributed by atoms with E-state index in [2.05, 4.69) is 5.32 Å². The average molecular weight is 399 g/mol. The van der Waals surface area contributed by atoms with E-state index in [-0.39, 0.29) is 17.9 Å². The Morgan fingerprint density at radius 1 is 1.25 bits per heavy atom. The van der Waals surface area contributed by atoms with Crippen LogP contribution in [0.2, 0.25) is 0 Å². The molecule has 7 heteroatoms. The summed E-state index contributed by atoms with van der Waals surface area (Å²) in [5.74, 6) is -0.404. The molecule has 3 aromatic rings. The van der Waals surface area contributed by atoms with Crippen LogP contribution in [0.3, 0.4) is 0 Å². The number of benzene rings is 1. The van der Waals surface area contributed by atoms with E-state index in [0.717, 1.165) is 17.5 Å². The number of amides is 1. The Morgan fingerprint density at radius 3 is 2.71 bits per heavy atom. The molecule has 0 fully saturated rings. The number of hydrogen-bond acceptors (Lipinski definition) is 6. The summed E-state index contributed by atoms with van der Waals surface area (Å²) in [7, 11) is 0. The molecular weight excluding hydrogens is 378 g/mol. The van der Waals surface area contributed by atoms with Crippen molar-refractivity contribution >= 4 is 34.2 Å². The van der Waals surface area contributed by atoms with Crippen LogP contribution in [-0.4, -0.2) is 18.4 Å². The van der Waals surface area contributed by atoms with Crippen molar-refractivity contribution in [2.24, 2.45) is 0 Å². The largest absolute Gasteiger partial charge is 0.426 e. The van der Waals surface area contributed by atoms with E-state index < -0.39 is 11.6 Å². The Morgan fingerprint density at radius 2 is 2.04 bits per heavy atom. The molecule has 0 atom stereocenters. The lowest BCUT2D eigenvalue weighted by Gasteiger charge is -2.12. The fourth-order valence-electron chi connectivity index (χ4n) is 3.08. The quantitative estimate of drug-likeness (QED) is 0.390. The first kappa shape index (κ1) is 19.8. The zero-order valence-electron chi connectivity index (χ0n) is 16.0. The van der Waals surface area contributed by atoms with E-state index in [1.165, 1.54) is 6.92 Å². The number of carbonyl (C=O) groups excluding carboxylic acids is 2. The summed E-state index contributed by atoms with van der Waals surface area (Å²) in [4.78, 5) is 36.2. The van der Waals surface area contributed by atoms with Gasteiger partial charge < -0.3 is 14.5 Å². The van der Waals surface area contributed by atoms with E-state index in [9.17, 15) is 14.4 Å². The highest BCUT2D eigenvalue weighted by Crippen LogP contribution is 2.31. The molecule has 0 spiro atoms. The van der Waals surface area contributed by atoms with Gasteiger partial charge in [-0.2, -0.15) is 11.3 Å². The molecule has 2 aromatic heterocycles. The first-order chi connectivity index (χ1) is 13.3. The van der Waals surface area contributed by atoms with E-state index in [4.69, 9.17) is 9.15 Å². The van der Waals surface area contributed by atoms with Gasteiger partial charge in [-0.25, -0.2) is 4.79 Å². The van der Waals surface area contributed by atoms with Gasteiger partial charge in [-0.1, -0.05) is 0 Å². The third kappa shape index (κ3) is 4.48. The Bertz CT molecular complexity index is 1080. The summed E-state index contributed by atoms with van der Waals surface area (Å²) in [6.07, 6.45) is 0.636. The minimum Gasteiger partial charge on any atom is -0.426 e. The van der Waals surface area contributed by atoms with Gasteiger partial charge in [0.25, 0.3) is 0 Å². The van der Waals surface area contributed by atoms with Gasteiger partial charge in [-0.15, -0.1) is 0 Å². The highest BCUT2D eigenvalue weighted by molar-refractivity contribution is 7.07. The van der Waals surface area contributed by atoms with Crippen molar-refractivity contribution in [2.75, 3.05) is 6.54 Å². The summed E-state index contributed by atoms with van der Waals surface area (Å²) in [5, 5.41) is 7.38. The number of rotatable bonds is 6. The topological polar surface area (TPSA) is 85.6 Å². The van der Waals surface area contributed by atoms with Crippen LogP contribution in [0.1, 0.15) is 29.2 Å².